The molecule has 0 unspecified atom stereocenters. The molecule has 1 aliphatic rings. The summed E-state index contributed by atoms with van der Waals surface area (Å²) < 4.78 is 5.46. The Morgan fingerprint density at radius 3 is 2.55 bits per heavy atom. The zero-order valence-electron chi connectivity index (χ0n) is 14.4. The monoisotopic (exact) mass is 306 g/mol. The largest absolute Gasteiger partial charge is 0.444 e. The average molecular weight is 306 g/mol. The van der Waals surface area contributed by atoms with Crippen LogP contribution < -0.4 is 4.90 Å². The summed E-state index contributed by atoms with van der Waals surface area (Å²) in [5.41, 5.74) is 1.61. The fourth-order valence-corrected chi connectivity index (χ4v) is 2.40. The molecule has 0 radical (unpaired) electrons. The van der Waals surface area contributed by atoms with E-state index in [1.54, 1.807) is 4.90 Å². The molecule has 1 aromatic rings. The molecular weight excluding hydrogens is 280 g/mol. The van der Waals surface area contributed by atoms with Crippen molar-refractivity contribution in [2.24, 2.45) is 0 Å². The van der Waals surface area contributed by atoms with E-state index >= 15 is 0 Å². The Kier molecular flexibility index (Phi) is 4.58. The zero-order valence-corrected chi connectivity index (χ0v) is 14.4. The Labute approximate surface area is 132 Å². The summed E-state index contributed by atoms with van der Waals surface area (Å²) in [6.45, 7) is 13.7. The summed E-state index contributed by atoms with van der Waals surface area (Å²) in [5, 5.41) is 0. The van der Waals surface area contributed by atoms with Gasteiger partial charge in [0.05, 0.1) is 0 Å². The van der Waals surface area contributed by atoms with Gasteiger partial charge in [-0.05, 0) is 47.1 Å². The summed E-state index contributed by atoms with van der Waals surface area (Å²) in [6.07, 6.45) is 1.60. The number of carbonyl (C=O) groups is 1. The van der Waals surface area contributed by atoms with Crippen LogP contribution in [0.2, 0.25) is 0 Å². The highest BCUT2D eigenvalue weighted by Gasteiger charge is 2.31. The molecule has 1 amide bonds. The molecule has 6 heteroatoms. The van der Waals surface area contributed by atoms with Crippen molar-refractivity contribution in [2.75, 3.05) is 24.5 Å². The molecule has 2 heterocycles. The van der Waals surface area contributed by atoms with Crippen molar-refractivity contribution in [2.45, 2.75) is 53.2 Å². The van der Waals surface area contributed by atoms with Crippen molar-refractivity contribution in [3.63, 3.8) is 0 Å². The normalized spacial score (nSPS) is 19.3. The maximum Gasteiger partial charge on any atom is 0.410 e. The number of carbonyl (C=O) groups excluding carboxylic acids is 1. The van der Waals surface area contributed by atoms with E-state index in [1.165, 1.54) is 0 Å². The van der Waals surface area contributed by atoms with Crippen LogP contribution in [0.25, 0.3) is 0 Å². The number of amides is 1. The second-order valence-electron chi connectivity index (χ2n) is 6.91. The fourth-order valence-electron chi connectivity index (χ4n) is 2.40. The molecule has 0 spiro atoms. The van der Waals surface area contributed by atoms with Gasteiger partial charge in [-0.25, -0.2) is 14.8 Å². The first-order chi connectivity index (χ1) is 10.2. The summed E-state index contributed by atoms with van der Waals surface area (Å²) in [4.78, 5) is 25.1. The van der Waals surface area contributed by atoms with Crippen LogP contribution in [-0.2, 0) is 4.74 Å². The van der Waals surface area contributed by atoms with E-state index in [0.29, 0.717) is 19.6 Å². The minimum atomic E-state index is -0.467. The van der Waals surface area contributed by atoms with E-state index < -0.39 is 5.60 Å². The van der Waals surface area contributed by atoms with Gasteiger partial charge in [-0.2, -0.15) is 0 Å². The average Bonchev–Trinajstić information content (AvgIpc) is 2.39. The Balaban J connectivity index is 2.03. The standard InChI is InChI=1S/C16H26N4O2/c1-11-9-17-14(18-13(11)3)19-7-8-20(12(2)10-19)15(21)22-16(4,5)6/h9,12H,7-8,10H2,1-6H3/t12-/m1/s1. The molecule has 1 aliphatic heterocycles. The summed E-state index contributed by atoms with van der Waals surface area (Å²) >= 11 is 0. The quantitative estimate of drug-likeness (QED) is 0.798. The Morgan fingerprint density at radius 2 is 2.00 bits per heavy atom. The molecule has 1 aromatic heterocycles. The van der Waals surface area contributed by atoms with E-state index in [-0.39, 0.29) is 12.1 Å². The van der Waals surface area contributed by atoms with Crippen LogP contribution in [0, 0.1) is 13.8 Å². The maximum absolute atomic E-state index is 12.2. The highest BCUT2D eigenvalue weighted by atomic mass is 16.6. The highest BCUT2D eigenvalue weighted by Crippen LogP contribution is 2.19. The topological polar surface area (TPSA) is 58.6 Å². The van der Waals surface area contributed by atoms with Gasteiger partial charge in [0.15, 0.2) is 0 Å². The van der Waals surface area contributed by atoms with E-state index in [1.807, 2.05) is 47.7 Å². The van der Waals surface area contributed by atoms with E-state index in [0.717, 1.165) is 17.2 Å². The molecular formula is C16H26N4O2. The number of aromatic nitrogens is 2. The van der Waals surface area contributed by atoms with Crippen molar-refractivity contribution in [3.05, 3.63) is 17.5 Å². The van der Waals surface area contributed by atoms with Gasteiger partial charge in [-0.1, -0.05) is 0 Å². The summed E-state index contributed by atoms with van der Waals surface area (Å²) in [6, 6.07) is 0.0637. The van der Waals surface area contributed by atoms with Gasteiger partial charge < -0.3 is 14.5 Å². The van der Waals surface area contributed by atoms with Crippen LogP contribution in [0.4, 0.5) is 10.7 Å². The zero-order chi connectivity index (χ0) is 16.5. The first-order valence-electron chi connectivity index (χ1n) is 7.72. The lowest BCUT2D eigenvalue weighted by molar-refractivity contribution is 0.0158. The fraction of sp³-hybridized carbons (Fsp3) is 0.688. The number of rotatable bonds is 1. The Hall–Kier alpha value is -1.85. The first-order valence-corrected chi connectivity index (χ1v) is 7.72. The van der Waals surface area contributed by atoms with Gasteiger partial charge in [-0.15, -0.1) is 0 Å². The Morgan fingerprint density at radius 1 is 1.32 bits per heavy atom. The molecule has 0 aromatic carbocycles. The number of nitrogens with zero attached hydrogens (tertiary/aromatic N) is 4. The molecule has 0 N–H and O–H groups in total. The van der Waals surface area contributed by atoms with Crippen LogP contribution in [0.15, 0.2) is 6.20 Å². The minimum Gasteiger partial charge on any atom is -0.444 e. The number of ether oxygens (including phenoxy) is 1. The van der Waals surface area contributed by atoms with E-state index in [4.69, 9.17) is 4.74 Å². The number of hydrogen-bond acceptors (Lipinski definition) is 5. The predicted octanol–water partition coefficient (Wildman–Crippen LogP) is 2.54. The minimum absolute atomic E-state index is 0.0637. The molecule has 0 bridgehead atoms. The van der Waals surface area contributed by atoms with E-state index in [9.17, 15) is 4.79 Å². The molecule has 0 saturated carbocycles. The summed E-state index contributed by atoms with van der Waals surface area (Å²) in [7, 11) is 0. The van der Waals surface area contributed by atoms with Gasteiger partial charge in [-0.3, -0.25) is 0 Å². The smallest absolute Gasteiger partial charge is 0.410 e. The van der Waals surface area contributed by atoms with Gasteiger partial charge in [0.2, 0.25) is 5.95 Å². The summed E-state index contributed by atoms with van der Waals surface area (Å²) in [5.74, 6) is 0.735. The second kappa shape index (κ2) is 6.10. The third-order valence-electron chi connectivity index (χ3n) is 3.75. The Bertz CT molecular complexity index is 554. The number of hydrogen-bond donors (Lipinski definition) is 0. The molecule has 22 heavy (non-hydrogen) atoms. The van der Waals surface area contributed by atoms with Crippen LogP contribution in [0.3, 0.4) is 0 Å². The van der Waals surface area contributed by atoms with Crippen LogP contribution >= 0.6 is 0 Å². The lowest BCUT2D eigenvalue weighted by Gasteiger charge is -2.40. The van der Waals surface area contributed by atoms with Gasteiger partial charge in [0.1, 0.15) is 5.60 Å². The van der Waals surface area contributed by atoms with Crippen LogP contribution in [0.5, 0.6) is 0 Å². The molecule has 1 fully saturated rings. The van der Waals surface area contributed by atoms with Crippen LogP contribution in [-0.4, -0.2) is 52.2 Å². The lowest BCUT2D eigenvalue weighted by Crippen LogP contribution is -2.55. The van der Waals surface area contributed by atoms with Crippen molar-refractivity contribution in [1.29, 1.82) is 0 Å². The van der Waals surface area contributed by atoms with Crippen molar-refractivity contribution >= 4 is 12.0 Å². The number of piperazine rings is 1. The SMILES string of the molecule is Cc1cnc(N2CCN(C(=O)OC(C)(C)C)[C@H](C)C2)nc1C. The number of anilines is 1. The maximum atomic E-state index is 12.2. The lowest BCUT2D eigenvalue weighted by atomic mass is 10.2. The molecule has 1 atom stereocenters. The van der Waals surface area contributed by atoms with Crippen molar-refractivity contribution in [1.82, 2.24) is 14.9 Å². The van der Waals surface area contributed by atoms with Gasteiger partial charge in [0.25, 0.3) is 0 Å². The third-order valence-corrected chi connectivity index (χ3v) is 3.75. The van der Waals surface area contributed by atoms with Gasteiger partial charge >= 0.3 is 6.09 Å². The van der Waals surface area contributed by atoms with E-state index in [2.05, 4.69) is 14.9 Å². The number of aryl methyl sites for hydroxylation is 2. The van der Waals surface area contributed by atoms with Gasteiger partial charge in [0, 0.05) is 37.6 Å². The first kappa shape index (κ1) is 16.5. The second-order valence-corrected chi connectivity index (χ2v) is 6.91. The van der Waals surface area contributed by atoms with Crippen molar-refractivity contribution in [3.8, 4) is 0 Å². The van der Waals surface area contributed by atoms with Crippen LogP contribution in [0.1, 0.15) is 39.0 Å². The third kappa shape index (κ3) is 3.87. The molecule has 1 saturated heterocycles. The van der Waals surface area contributed by atoms with Crippen molar-refractivity contribution < 1.29 is 9.53 Å². The highest BCUT2D eigenvalue weighted by molar-refractivity contribution is 5.69. The molecule has 2 rings (SSSR count). The molecule has 6 nitrogen and oxygen atoms in total. The molecule has 122 valence electrons. The molecule has 0 aliphatic carbocycles. The predicted molar refractivity (Wildman–Crippen MR) is 86.1 cm³/mol.